The Bertz CT molecular complexity index is 1310. The van der Waals surface area contributed by atoms with Crippen molar-refractivity contribution >= 4 is 41.1 Å². The third-order valence-electron chi connectivity index (χ3n) is 7.27. The Labute approximate surface area is 272 Å². The smallest absolute Gasteiger partial charge is 0.408 e. The van der Waals surface area contributed by atoms with E-state index in [9.17, 15) is 24.3 Å². The molecule has 2 aromatic rings. The van der Waals surface area contributed by atoms with Gasteiger partial charge in [0.2, 0.25) is 11.8 Å². The molecule has 2 unspecified atom stereocenters. The summed E-state index contributed by atoms with van der Waals surface area (Å²) in [5.41, 5.74) is 6.71. The van der Waals surface area contributed by atoms with Crippen LogP contribution in [0.1, 0.15) is 102 Å². The minimum Gasteiger partial charge on any atom is -0.508 e. The van der Waals surface area contributed by atoms with Gasteiger partial charge in [0.1, 0.15) is 23.4 Å². The molecule has 0 aliphatic carbocycles. The lowest BCUT2D eigenvalue weighted by molar-refractivity contribution is -0.141. The van der Waals surface area contributed by atoms with E-state index in [4.69, 9.17) is 22.1 Å². The molecule has 0 fully saturated rings. The van der Waals surface area contributed by atoms with Crippen LogP contribution >= 0.6 is 11.6 Å². The number of nitrogens with zero attached hydrogens (tertiary/aromatic N) is 1. The Morgan fingerprint density at radius 1 is 1.00 bits per heavy atom. The number of anilines is 1. The molecular formula is C34H49ClN4O6. The summed E-state index contributed by atoms with van der Waals surface area (Å²) in [6.45, 7) is 10.9. The number of phenols is 1. The number of halogens is 1. The molecule has 0 radical (unpaired) electrons. The lowest BCUT2D eigenvalue weighted by Gasteiger charge is -2.35. The number of ether oxygens (including phenoxy) is 1. The molecular weight excluding hydrogens is 596 g/mol. The summed E-state index contributed by atoms with van der Waals surface area (Å²) in [6.07, 6.45) is 4.53. The third kappa shape index (κ3) is 12.3. The largest absolute Gasteiger partial charge is 0.508 e. The van der Waals surface area contributed by atoms with Gasteiger partial charge in [-0.25, -0.2) is 4.79 Å². The fourth-order valence-corrected chi connectivity index (χ4v) is 5.20. The van der Waals surface area contributed by atoms with Crippen LogP contribution in [-0.4, -0.2) is 52.0 Å². The topological polar surface area (TPSA) is 151 Å². The monoisotopic (exact) mass is 644 g/mol. The van der Waals surface area contributed by atoms with E-state index in [1.807, 2.05) is 13.0 Å². The maximum absolute atomic E-state index is 14.4. The first-order valence-electron chi connectivity index (χ1n) is 15.6. The molecule has 45 heavy (non-hydrogen) atoms. The summed E-state index contributed by atoms with van der Waals surface area (Å²) in [5, 5.41) is 16.1. The number of benzene rings is 2. The van der Waals surface area contributed by atoms with Crippen LogP contribution in [0.25, 0.3) is 0 Å². The predicted octanol–water partition coefficient (Wildman–Crippen LogP) is 6.69. The number of hydrogen-bond donors (Lipinski definition) is 4. The second kappa shape index (κ2) is 17.6. The number of hydrogen-bond acceptors (Lipinski definition) is 6. The molecule has 2 atom stereocenters. The van der Waals surface area contributed by atoms with Crippen molar-refractivity contribution in [2.24, 2.45) is 5.73 Å². The number of aromatic hydroxyl groups is 1. The van der Waals surface area contributed by atoms with Crippen molar-refractivity contribution in [1.82, 2.24) is 10.2 Å². The Morgan fingerprint density at radius 3 is 2.27 bits per heavy atom. The molecule has 0 saturated carbocycles. The van der Waals surface area contributed by atoms with E-state index in [-0.39, 0.29) is 25.1 Å². The molecule has 0 spiro atoms. The van der Waals surface area contributed by atoms with Gasteiger partial charge in [-0.05, 0) is 82.3 Å². The first-order valence-corrected chi connectivity index (χ1v) is 16.0. The van der Waals surface area contributed by atoms with Crippen molar-refractivity contribution in [1.29, 1.82) is 0 Å². The van der Waals surface area contributed by atoms with Crippen molar-refractivity contribution < 1.29 is 29.0 Å². The molecule has 0 aliphatic rings. The van der Waals surface area contributed by atoms with E-state index in [2.05, 4.69) is 17.6 Å². The number of carbonyl (C=O) groups excluding carboxylic acids is 4. The molecule has 10 nitrogen and oxygen atoms in total. The Balaban J connectivity index is 2.61. The number of unbranched alkanes of at least 4 members (excludes halogenated alkanes) is 5. The van der Waals surface area contributed by atoms with Crippen LogP contribution in [0.5, 0.6) is 5.75 Å². The average Bonchev–Trinajstić information content (AvgIpc) is 2.94. The highest BCUT2D eigenvalue weighted by Gasteiger charge is 2.37. The van der Waals surface area contributed by atoms with Gasteiger partial charge < -0.3 is 31.1 Å². The van der Waals surface area contributed by atoms with Crippen LogP contribution in [0, 0.1) is 13.8 Å². The van der Waals surface area contributed by atoms with Crippen LogP contribution in [0.2, 0.25) is 5.02 Å². The highest BCUT2D eigenvalue weighted by atomic mass is 35.5. The zero-order valence-electron chi connectivity index (χ0n) is 27.4. The van der Waals surface area contributed by atoms with Gasteiger partial charge in [-0.15, -0.1) is 0 Å². The number of nitrogens with one attached hydrogen (secondary N) is 2. The molecule has 248 valence electrons. The molecule has 0 saturated heterocycles. The number of alkyl carbamates (subject to hydrolysis) is 1. The number of phenolic OH excluding ortho intramolecular Hbond substituents is 1. The van der Waals surface area contributed by atoms with Gasteiger partial charge in [-0.3, -0.25) is 14.4 Å². The van der Waals surface area contributed by atoms with Crippen LogP contribution < -0.4 is 16.4 Å². The third-order valence-corrected chi connectivity index (χ3v) is 7.59. The minimum absolute atomic E-state index is 0.0413. The minimum atomic E-state index is -1.21. The van der Waals surface area contributed by atoms with Crippen molar-refractivity contribution in [2.45, 2.75) is 111 Å². The number of carbonyl (C=O) groups is 4. The molecule has 11 heteroatoms. The maximum atomic E-state index is 14.4. The van der Waals surface area contributed by atoms with Crippen LogP contribution in [0.15, 0.2) is 36.4 Å². The summed E-state index contributed by atoms with van der Waals surface area (Å²) < 4.78 is 5.41. The number of nitrogens with two attached hydrogens (primary N) is 1. The number of aryl methyl sites for hydroxylation is 2. The van der Waals surface area contributed by atoms with Gasteiger partial charge in [-0.2, -0.15) is 0 Å². The number of amides is 4. The highest BCUT2D eigenvalue weighted by Crippen LogP contribution is 2.31. The molecule has 0 aromatic heterocycles. The van der Waals surface area contributed by atoms with Gasteiger partial charge in [0.25, 0.3) is 5.91 Å². The summed E-state index contributed by atoms with van der Waals surface area (Å²) in [7, 11) is 0. The summed E-state index contributed by atoms with van der Waals surface area (Å²) in [4.78, 5) is 54.7. The van der Waals surface area contributed by atoms with E-state index in [1.54, 1.807) is 52.0 Å². The van der Waals surface area contributed by atoms with Gasteiger partial charge in [0, 0.05) is 13.0 Å². The zero-order chi connectivity index (χ0) is 33.7. The fraction of sp³-hybridized carbons (Fsp3) is 0.529. The second-order valence-corrected chi connectivity index (χ2v) is 12.8. The summed E-state index contributed by atoms with van der Waals surface area (Å²) in [5.74, 6) is -1.70. The zero-order valence-corrected chi connectivity index (χ0v) is 28.1. The molecule has 4 amide bonds. The van der Waals surface area contributed by atoms with Gasteiger partial charge >= 0.3 is 6.09 Å². The fourth-order valence-electron chi connectivity index (χ4n) is 4.93. The molecule has 0 aliphatic heterocycles. The van der Waals surface area contributed by atoms with Crippen molar-refractivity contribution in [3.63, 3.8) is 0 Å². The van der Waals surface area contributed by atoms with Gasteiger partial charge in [0.05, 0.1) is 10.7 Å². The number of primary amides is 1. The van der Waals surface area contributed by atoms with E-state index < -0.39 is 41.5 Å². The van der Waals surface area contributed by atoms with Gasteiger partial charge in [0.15, 0.2) is 0 Å². The van der Waals surface area contributed by atoms with E-state index >= 15 is 0 Å². The van der Waals surface area contributed by atoms with Gasteiger partial charge in [-0.1, -0.05) is 68.8 Å². The maximum Gasteiger partial charge on any atom is 0.408 e. The first-order chi connectivity index (χ1) is 21.1. The second-order valence-electron chi connectivity index (χ2n) is 12.4. The van der Waals surface area contributed by atoms with E-state index in [0.717, 1.165) is 37.7 Å². The normalized spacial score (nSPS) is 12.6. The van der Waals surface area contributed by atoms with Crippen LogP contribution in [-0.2, 0) is 19.1 Å². The standard InChI is InChI=1S/C34H49ClN4O6/c1-7-8-9-10-11-12-20-39(32(43)26(17-19-28(36)41)37-33(44)45-34(4,5)6)30(24-16-18-27(40)23(3)21-24)31(42)38-29-22(2)14-13-15-25(29)35/h13-16,18,21,26,30,40H,7-12,17,19-20H2,1-6H3,(H2,36,41)(H,37,44)(H,38,42). The van der Waals surface area contributed by atoms with Crippen molar-refractivity contribution in [2.75, 3.05) is 11.9 Å². The van der Waals surface area contributed by atoms with E-state index in [1.165, 1.54) is 11.0 Å². The Hall–Kier alpha value is -3.79. The predicted molar refractivity (Wildman–Crippen MR) is 177 cm³/mol. The van der Waals surface area contributed by atoms with Crippen molar-refractivity contribution in [3.8, 4) is 5.75 Å². The summed E-state index contributed by atoms with van der Waals surface area (Å²) >= 11 is 6.45. The van der Waals surface area contributed by atoms with Crippen molar-refractivity contribution in [3.05, 3.63) is 58.1 Å². The number of rotatable bonds is 16. The molecule has 0 bridgehead atoms. The molecule has 5 N–H and O–H groups in total. The lowest BCUT2D eigenvalue weighted by atomic mass is 9.98. The Morgan fingerprint density at radius 2 is 1.67 bits per heavy atom. The molecule has 2 rings (SSSR count). The van der Waals surface area contributed by atoms with E-state index in [0.29, 0.717) is 28.3 Å². The van der Waals surface area contributed by atoms with Crippen LogP contribution in [0.4, 0.5) is 10.5 Å². The van der Waals surface area contributed by atoms with Crippen LogP contribution in [0.3, 0.4) is 0 Å². The number of para-hydroxylation sites is 1. The SMILES string of the molecule is CCCCCCCCN(C(=O)C(CCC(N)=O)NC(=O)OC(C)(C)C)C(C(=O)Nc1c(C)cccc1Cl)c1ccc(O)c(C)c1. The Kier molecular flexibility index (Phi) is 14.7. The lowest BCUT2D eigenvalue weighted by Crippen LogP contribution is -2.53. The quantitative estimate of drug-likeness (QED) is 0.149. The first kappa shape index (κ1) is 37.4. The summed E-state index contributed by atoms with van der Waals surface area (Å²) in [6, 6.07) is 7.59. The molecule has 0 heterocycles. The average molecular weight is 645 g/mol. The highest BCUT2D eigenvalue weighted by molar-refractivity contribution is 6.34. The molecule has 2 aromatic carbocycles.